The molecule has 114 valence electrons. The van der Waals surface area contributed by atoms with Gasteiger partial charge in [0.15, 0.2) is 5.75 Å². The van der Waals surface area contributed by atoms with Gasteiger partial charge in [0.2, 0.25) is 5.78 Å². The summed E-state index contributed by atoms with van der Waals surface area (Å²) in [7, 11) is 3.05. The zero-order valence-corrected chi connectivity index (χ0v) is 14.0. The van der Waals surface area contributed by atoms with Crippen molar-refractivity contribution in [3.63, 3.8) is 0 Å². The molecule has 0 fully saturated rings. The molecule has 0 spiro atoms. The zero-order valence-electron chi connectivity index (χ0n) is 12.4. The molecule has 0 unspecified atom stereocenters. The van der Waals surface area contributed by atoms with Crippen LogP contribution in [-0.4, -0.2) is 30.0 Å². The van der Waals surface area contributed by atoms with Gasteiger partial charge in [-0.25, -0.2) is 4.98 Å². The third-order valence-electron chi connectivity index (χ3n) is 3.94. The van der Waals surface area contributed by atoms with Crippen LogP contribution in [0.2, 0.25) is 0 Å². The van der Waals surface area contributed by atoms with E-state index >= 15 is 0 Å². The third kappa shape index (κ3) is 1.81. The van der Waals surface area contributed by atoms with Gasteiger partial charge in [0.25, 0.3) is 5.88 Å². The first-order valence-electron chi connectivity index (χ1n) is 6.91. The van der Waals surface area contributed by atoms with Gasteiger partial charge in [-0.3, -0.25) is 9.78 Å². The first kappa shape index (κ1) is 14.1. The number of halogens is 1. The van der Waals surface area contributed by atoms with Gasteiger partial charge >= 0.3 is 0 Å². The number of carbonyl (C=O) groups is 1. The maximum absolute atomic E-state index is 12.9. The molecule has 0 atom stereocenters. The third-order valence-corrected chi connectivity index (χ3v) is 4.54. The van der Waals surface area contributed by atoms with Crippen molar-refractivity contribution in [3.8, 4) is 22.9 Å². The number of aromatic nitrogens is 2. The number of ether oxygens (including phenoxy) is 2. The Bertz CT molecular complexity index is 985. The van der Waals surface area contributed by atoms with Crippen molar-refractivity contribution >= 4 is 32.5 Å². The van der Waals surface area contributed by atoms with Crippen molar-refractivity contribution < 1.29 is 14.3 Å². The van der Waals surface area contributed by atoms with Gasteiger partial charge in [-0.1, -0.05) is 24.3 Å². The highest BCUT2D eigenvalue weighted by Gasteiger charge is 2.31. The lowest BCUT2D eigenvalue weighted by Gasteiger charge is -2.21. The van der Waals surface area contributed by atoms with E-state index < -0.39 is 0 Å². The minimum atomic E-state index is -0.140. The molecule has 23 heavy (non-hydrogen) atoms. The van der Waals surface area contributed by atoms with Gasteiger partial charge < -0.3 is 9.47 Å². The molecular formula is C17H11BrN2O3. The fourth-order valence-corrected chi connectivity index (χ4v) is 3.45. The predicted molar refractivity (Wildman–Crippen MR) is 89.2 cm³/mol. The quantitative estimate of drug-likeness (QED) is 0.539. The van der Waals surface area contributed by atoms with Crippen LogP contribution in [0.3, 0.4) is 0 Å². The van der Waals surface area contributed by atoms with Gasteiger partial charge in [-0.2, -0.15) is 0 Å². The highest BCUT2D eigenvalue weighted by atomic mass is 79.9. The number of fused-ring (bicyclic) bond motifs is 2. The SMILES string of the molecule is COc1nc2c3c(ncc(Br)c3c1OC)-c1ccccc1C2=O. The minimum Gasteiger partial charge on any atom is -0.491 e. The number of rotatable bonds is 2. The molecular weight excluding hydrogens is 360 g/mol. The Morgan fingerprint density at radius 3 is 2.43 bits per heavy atom. The average molecular weight is 371 g/mol. The number of nitrogens with zero attached hydrogens (tertiary/aromatic N) is 2. The van der Waals surface area contributed by atoms with Crippen molar-refractivity contribution in [3.05, 3.63) is 46.2 Å². The monoisotopic (exact) mass is 370 g/mol. The molecule has 4 rings (SSSR count). The Labute approximate surface area is 140 Å². The molecule has 3 aromatic rings. The van der Waals surface area contributed by atoms with Gasteiger partial charge in [-0.05, 0) is 15.9 Å². The van der Waals surface area contributed by atoms with Crippen molar-refractivity contribution in [1.29, 1.82) is 0 Å². The smallest absolute Gasteiger partial charge is 0.258 e. The standard InChI is InChI=1S/C17H11BrN2O3/c1-22-16-11-10(18)7-19-13-8-5-3-4-6-9(8)15(21)14(12(11)13)20-17(16)23-2/h3-7H,1-2H3. The summed E-state index contributed by atoms with van der Waals surface area (Å²) in [6.07, 6.45) is 1.70. The van der Waals surface area contributed by atoms with Gasteiger partial charge in [0.05, 0.1) is 19.9 Å². The molecule has 0 saturated heterocycles. The Hall–Kier alpha value is -2.47. The number of carbonyl (C=O) groups excluding carboxylic acids is 1. The first-order chi connectivity index (χ1) is 11.2. The molecule has 1 aliphatic carbocycles. The molecule has 1 aliphatic rings. The second-order valence-corrected chi connectivity index (χ2v) is 5.94. The zero-order chi connectivity index (χ0) is 16.1. The van der Waals surface area contributed by atoms with E-state index in [1.807, 2.05) is 18.2 Å². The summed E-state index contributed by atoms with van der Waals surface area (Å²) in [6, 6.07) is 7.40. The van der Waals surface area contributed by atoms with Crippen molar-refractivity contribution in [2.24, 2.45) is 0 Å². The van der Waals surface area contributed by atoms with E-state index in [4.69, 9.17) is 9.47 Å². The number of hydrogen-bond donors (Lipinski definition) is 0. The number of methoxy groups -OCH3 is 2. The summed E-state index contributed by atoms with van der Waals surface area (Å²) in [4.78, 5) is 21.8. The maximum atomic E-state index is 12.9. The molecule has 1 aromatic carbocycles. The summed E-state index contributed by atoms with van der Waals surface area (Å²) >= 11 is 3.50. The Balaban J connectivity index is 2.26. The molecule has 0 bridgehead atoms. The van der Waals surface area contributed by atoms with E-state index in [0.29, 0.717) is 22.4 Å². The van der Waals surface area contributed by atoms with Crippen LogP contribution in [0.1, 0.15) is 16.1 Å². The van der Waals surface area contributed by atoms with Crippen LogP contribution < -0.4 is 9.47 Å². The number of benzene rings is 1. The Morgan fingerprint density at radius 1 is 1.00 bits per heavy atom. The normalized spacial score (nSPS) is 12.2. The van der Waals surface area contributed by atoms with Crippen LogP contribution in [0.5, 0.6) is 11.6 Å². The predicted octanol–water partition coefficient (Wildman–Crippen LogP) is 3.62. The molecule has 0 N–H and O–H groups in total. The van der Waals surface area contributed by atoms with E-state index in [0.717, 1.165) is 21.1 Å². The molecule has 5 nitrogen and oxygen atoms in total. The van der Waals surface area contributed by atoms with E-state index in [1.165, 1.54) is 7.11 Å². The fourth-order valence-electron chi connectivity index (χ4n) is 2.97. The summed E-state index contributed by atoms with van der Waals surface area (Å²) in [5.74, 6) is 0.619. The molecule has 0 radical (unpaired) electrons. The molecule has 2 aromatic heterocycles. The van der Waals surface area contributed by atoms with Crippen LogP contribution in [0.15, 0.2) is 34.9 Å². The van der Waals surface area contributed by atoms with Crippen LogP contribution in [0.25, 0.3) is 22.0 Å². The van der Waals surface area contributed by atoms with E-state index in [1.54, 1.807) is 19.4 Å². The molecule has 6 heteroatoms. The summed E-state index contributed by atoms with van der Waals surface area (Å²) in [5.41, 5.74) is 2.45. The number of ketones is 1. The summed E-state index contributed by atoms with van der Waals surface area (Å²) in [6.45, 7) is 0. The number of pyridine rings is 2. The topological polar surface area (TPSA) is 61.3 Å². The van der Waals surface area contributed by atoms with Gasteiger partial charge in [0.1, 0.15) is 5.69 Å². The average Bonchev–Trinajstić information content (AvgIpc) is 2.59. The van der Waals surface area contributed by atoms with Crippen LogP contribution in [-0.2, 0) is 0 Å². The minimum absolute atomic E-state index is 0.140. The van der Waals surface area contributed by atoms with Crippen LogP contribution >= 0.6 is 15.9 Å². The number of hydrogen-bond acceptors (Lipinski definition) is 5. The van der Waals surface area contributed by atoms with Crippen molar-refractivity contribution in [2.45, 2.75) is 0 Å². The second-order valence-electron chi connectivity index (χ2n) is 5.08. The Kier molecular flexibility index (Phi) is 3.09. The molecule has 0 saturated carbocycles. The van der Waals surface area contributed by atoms with Crippen molar-refractivity contribution in [1.82, 2.24) is 9.97 Å². The lowest BCUT2D eigenvalue weighted by Crippen LogP contribution is -2.14. The van der Waals surface area contributed by atoms with E-state index in [-0.39, 0.29) is 11.7 Å². The molecule has 2 heterocycles. The first-order valence-corrected chi connectivity index (χ1v) is 7.71. The van der Waals surface area contributed by atoms with Crippen LogP contribution in [0, 0.1) is 0 Å². The molecule has 0 aliphatic heterocycles. The van der Waals surface area contributed by atoms with E-state index in [2.05, 4.69) is 25.9 Å². The lowest BCUT2D eigenvalue weighted by atomic mass is 9.88. The summed E-state index contributed by atoms with van der Waals surface area (Å²) < 4.78 is 11.5. The van der Waals surface area contributed by atoms with Crippen LogP contribution in [0.4, 0.5) is 0 Å². The summed E-state index contributed by atoms with van der Waals surface area (Å²) in [5, 5.41) is 1.42. The molecule has 0 amide bonds. The highest BCUT2D eigenvalue weighted by Crippen LogP contribution is 2.46. The highest BCUT2D eigenvalue weighted by molar-refractivity contribution is 9.10. The largest absolute Gasteiger partial charge is 0.491 e. The Morgan fingerprint density at radius 2 is 1.74 bits per heavy atom. The maximum Gasteiger partial charge on any atom is 0.258 e. The van der Waals surface area contributed by atoms with Gasteiger partial charge in [-0.15, -0.1) is 0 Å². The van der Waals surface area contributed by atoms with Crippen molar-refractivity contribution in [2.75, 3.05) is 14.2 Å². The second kappa shape index (κ2) is 5.03. The van der Waals surface area contributed by atoms with Gasteiger partial charge in [0, 0.05) is 32.6 Å². The fraction of sp³-hybridized carbons (Fsp3) is 0.118. The lowest BCUT2D eigenvalue weighted by molar-refractivity contribution is 0.103. The van der Waals surface area contributed by atoms with E-state index in [9.17, 15) is 4.79 Å².